The van der Waals surface area contributed by atoms with Crippen LogP contribution in [0.5, 0.6) is 5.75 Å². The lowest BCUT2D eigenvalue weighted by Gasteiger charge is -2.34. The predicted octanol–water partition coefficient (Wildman–Crippen LogP) is 3.25. The van der Waals surface area contributed by atoms with Gasteiger partial charge in [-0.1, -0.05) is 35.1 Å². The van der Waals surface area contributed by atoms with Crippen LogP contribution in [0.1, 0.15) is 5.56 Å². The third kappa shape index (κ3) is 4.63. The van der Waals surface area contributed by atoms with E-state index in [1.165, 1.54) is 17.6 Å². The average Bonchev–Trinajstić information content (AvgIpc) is 3.20. The summed E-state index contributed by atoms with van der Waals surface area (Å²) in [5.74, 6) is 0.721. The number of halogens is 1. The van der Waals surface area contributed by atoms with Crippen molar-refractivity contribution in [3.63, 3.8) is 0 Å². The van der Waals surface area contributed by atoms with Crippen LogP contribution in [0.4, 0.5) is 5.13 Å². The number of thiazole rings is 1. The van der Waals surface area contributed by atoms with E-state index in [-0.39, 0.29) is 17.2 Å². The summed E-state index contributed by atoms with van der Waals surface area (Å²) in [6.45, 7) is 2.55. The third-order valence-corrected chi connectivity index (χ3v) is 7.98. The van der Waals surface area contributed by atoms with Gasteiger partial charge >= 0.3 is 0 Å². The maximum absolute atomic E-state index is 12.7. The molecular formula is C21H22ClN3O4S2. The van der Waals surface area contributed by atoms with Gasteiger partial charge in [0.25, 0.3) is 0 Å². The molecule has 10 heteroatoms. The maximum atomic E-state index is 12.7. The van der Waals surface area contributed by atoms with Gasteiger partial charge in [0.1, 0.15) is 11.3 Å². The number of anilines is 1. The van der Waals surface area contributed by atoms with Gasteiger partial charge in [-0.25, -0.2) is 13.4 Å². The molecule has 0 spiro atoms. The number of aromatic nitrogens is 1. The molecule has 0 saturated carbocycles. The smallest absolute Gasteiger partial charge is 0.227 e. The first-order chi connectivity index (χ1) is 14.8. The number of piperazine rings is 1. The molecule has 1 fully saturated rings. The first-order valence-electron chi connectivity index (χ1n) is 9.71. The van der Waals surface area contributed by atoms with Crippen molar-refractivity contribution in [1.29, 1.82) is 0 Å². The Morgan fingerprint density at radius 1 is 1.13 bits per heavy atom. The Kier molecular flexibility index (Phi) is 6.09. The zero-order chi connectivity index (χ0) is 22.2. The van der Waals surface area contributed by atoms with E-state index in [2.05, 4.69) is 4.90 Å². The van der Waals surface area contributed by atoms with Gasteiger partial charge in [-0.2, -0.15) is 0 Å². The van der Waals surface area contributed by atoms with Crippen molar-refractivity contribution in [2.75, 3.05) is 44.4 Å². The van der Waals surface area contributed by atoms with Gasteiger partial charge in [-0.3, -0.25) is 4.79 Å². The number of carbonyl (C=O) groups excluding carboxylic acids is 1. The Balaban J connectivity index is 1.40. The second kappa shape index (κ2) is 8.64. The normalized spacial score (nSPS) is 14.8. The molecule has 1 saturated heterocycles. The Hall–Kier alpha value is -2.36. The van der Waals surface area contributed by atoms with E-state index in [0.29, 0.717) is 37.0 Å². The Morgan fingerprint density at radius 2 is 1.81 bits per heavy atom. The lowest BCUT2D eigenvalue weighted by atomic mass is 10.1. The summed E-state index contributed by atoms with van der Waals surface area (Å²) in [6.07, 6.45) is 1.42. The molecule has 1 aliphatic rings. The quantitative estimate of drug-likeness (QED) is 0.559. The van der Waals surface area contributed by atoms with Crippen LogP contribution in [0.25, 0.3) is 10.2 Å². The topological polar surface area (TPSA) is 79.8 Å². The van der Waals surface area contributed by atoms with Crippen molar-refractivity contribution < 1.29 is 17.9 Å². The number of hydrogen-bond acceptors (Lipinski definition) is 7. The van der Waals surface area contributed by atoms with Crippen LogP contribution >= 0.6 is 22.9 Å². The molecule has 1 aromatic heterocycles. The van der Waals surface area contributed by atoms with Gasteiger partial charge in [0, 0.05) is 32.4 Å². The minimum Gasteiger partial charge on any atom is -0.494 e. The molecule has 3 aromatic rings. The minimum atomic E-state index is -3.24. The Labute approximate surface area is 190 Å². The number of sulfone groups is 1. The van der Waals surface area contributed by atoms with Crippen molar-refractivity contribution in [3.8, 4) is 5.75 Å². The number of carbonyl (C=O) groups is 1. The van der Waals surface area contributed by atoms with Gasteiger partial charge in [0.05, 0.1) is 28.1 Å². The number of amides is 1. The molecule has 4 rings (SSSR count). The van der Waals surface area contributed by atoms with E-state index in [1.807, 2.05) is 17.0 Å². The Morgan fingerprint density at radius 3 is 2.42 bits per heavy atom. The van der Waals surface area contributed by atoms with Gasteiger partial charge in [-0.15, -0.1) is 0 Å². The highest BCUT2D eigenvalue weighted by Gasteiger charge is 2.24. The second-order valence-corrected chi connectivity index (χ2v) is 10.8. The molecular weight excluding hydrogens is 458 g/mol. The summed E-state index contributed by atoms with van der Waals surface area (Å²) in [6, 6.07) is 10.1. The molecule has 7 nitrogen and oxygen atoms in total. The first kappa shape index (κ1) is 21.9. The van der Waals surface area contributed by atoms with Crippen molar-refractivity contribution in [2.24, 2.45) is 0 Å². The summed E-state index contributed by atoms with van der Waals surface area (Å²) in [7, 11) is -1.63. The SMILES string of the molecule is COc1ccc(Cl)c2sc(N3CCN(C(=O)Cc4ccc(S(C)(=O)=O)cc4)CC3)nc12. The fraction of sp³-hybridized carbons (Fsp3) is 0.333. The molecule has 0 unspecified atom stereocenters. The highest BCUT2D eigenvalue weighted by Crippen LogP contribution is 2.38. The molecule has 0 radical (unpaired) electrons. The van der Waals surface area contributed by atoms with Crippen LogP contribution < -0.4 is 9.64 Å². The lowest BCUT2D eigenvalue weighted by Crippen LogP contribution is -2.49. The van der Waals surface area contributed by atoms with Crippen LogP contribution in [0.2, 0.25) is 5.02 Å². The van der Waals surface area contributed by atoms with E-state index < -0.39 is 9.84 Å². The summed E-state index contributed by atoms with van der Waals surface area (Å²) in [5.41, 5.74) is 1.55. The fourth-order valence-corrected chi connectivity index (χ4v) is 5.47. The number of rotatable bonds is 5. The van der Waals surface area contributed by atoms with E-state index in [4.69, 9.17) is 21.3 Å². The van der Waals surface area contributed by atoms with Crippen molar-refractivity contribution in [2.45, 2.75) is 11.3 Å². The largest absolute Gasteiger partial charge is 0.494 e. The highest BCUT2D eigenvalue weighted by molar-refractivity contribution is 7.90. The number of hydrogen-bond donors (Lipinski definition) is 0. The molecule has 0 N–H and O–H groups in total. The highest BCUT2D eigenvalue weighted by atomic mass is 35.5. The molecule has 0 atom stereocenters. The number of nitrogens with zero attached hydrogens (tertiary/aromatic N) is 3. The van der Waals surface area contributed by atoms with Gasteiger partial charge < -0.3 is 14.5 Å². The molecule has 164 valence electrons. The maximum Gasteiger partial charge on any atom is 0.227 e. The first-order valence-corrected chi connectivity index (χ1v) is 12.8. The molecule has 31 heavy (non-hydrogen) atoms. The third-order valence-electron chi connectivity index (χ3n) is 5.28. The molecule has 2 heterocycles. The molecule has 0 bridgehead atoms. The fourth-order valence-electron chi connectivity index (χ4n) is 3.53. The van der Waals surface area contributed by atoms with E-state index >= 15 is 0 Å². The number of fused-ring (bicyclic) bond motifs is 1. The molecule has 1 aliphatic heterocycles. The van der Waals surface area contributed by atoms with Crippen LogP contribution in [0.15, 0.2) is 41.3 Å². The minimum absolute atomic E-state index is 0.0285. The van der Waals surface area contributed by atoms with Crippen molar-refractivity contribution in [1.82, 2.24) is 9.88 Å². The zero-order valence-electron chi connectivity index (χ0n) is 17.2. The van der Waals surface area contributed by atoms with Gasteiger partial charge in [0.2, 0.25) is 5.91 Å². The number of ether oxygens (including phenoxy) is 1. The predicted molar refractivity (Wildman–Crippen MR) is 123 cm³/mol. The molecule has 2 aromatic carbocycles. The van der Waals surface area contributed by atoms with Crippen LogP contribution in [0, 0.1) is 0 Å². The van der Waals surface area contributed by atoms with Gasteiger partial charge in [-0.05, 0) is 29.8 Å². The van der Waals surface area contributed by atoms with E-state index in [9.17, 15) is 13.2 Å². The van der Waals surface area contributed by atoms with Crippen LogP contribution in [-0.2, 0) is 21.1 Å². The van der Waals surface area contributed by atoms with E-state index in [0.717, 1.165) is 20.9 Å². The van der Waals surface area contributed by atoms with Crippen molar-refractivity contribution in [3.05, 3.63) is 47.0 Å². The van der Waals surface area contributed by atoms with Gasteiger partial charge in [0.15, 0.2) is 15.0 Å². The molecule has 0 aliphatic carbocycles. The second-order valence-electron chi connectivity index (χ2n) is 7.38. The number of benzene rings is 2. The molecule has 1 amide bonds. The average molecular weight is 480 g/mol. The summed E-state index contributed by atoms with van der Waals surface area (Å²) in [5, 5.41) is 1.51. The van der Waals surface area contributed by atoms with E-state index in [1.54, 1.807) is 31.4 Å². The number of methoxy groups -OCH3 is 1. The van der Waals surface area contributed by atoms with Crippen molar-refractivity contribution >= 4 is 54.0 Å². The van der Waals surface area contributed by atoms with Crippen LogP contribution in [-0.4, -0.2) is 63.8 Å². The zero-order valence-corrected chi connectivity index (χ0v) is 19.6. The lowest BCUT2D eigenvalue weighted by molar-refractivity contribution is -0.130. The summed E-state index contributed by atoms with van der Waals surface area (Å²) >= 11 is 7.85. The summed E-state index contributed by atoms with van der Waals surface area (Å²) < 4.78 is 29.4. The van der Waals surface area contributed by atoms with Crippen LogP contribution in [0.3, 0.4) is 0 Å². The summed E-state index contributed by atoms with van der Waals surface area (Å²) in [4.78, 5) is 21.7. The Bertz CT molecular complexity index is 1220. The standard InChI is InChI=1S/C21H22ClN3O4S2/c1-29-17-8-7-16(22)20-19(17)23-21(30-20)25-11-9-24(10-12-25)18(26)13-14-3-5-15(6-4-14)31(2,27)28/h3-8H,9-13H2,1-2H3. The monoisotopic (exact) mass is 479 g/mol.